The molecular formula is C22H23ClN4O3. The van der Waals surface area contributed by atoms with Crippen LogP contribution in [0.4, 0.5) is 0 Å². The summed E-state index contributed by atoms with van der Waals surface area (Å²) in [6, 6.07) is 11.0. The van der Waals surface area contributed by atoms with E-state index in [1.54, 1.807) is 16.7 Å². The van der Waals surface area contributed by atoms with Crippen molar-refractivity contribution in [3.8, 4) is 11.8 Å². The minimum atomic E-state index is -0.598. The molecule has 0 spiro atoms. The minimum absolute atomic E-state index is 0.0230. The number of ether oxygens (including phenoxy) is 2. The Balaban J connectivity index is 1.77. The Hall–Kier alpha value is -2.79. The summed E-state index contributed by atoms with van der Waals surface area (Å²) in [6.07, 6.45) is 0. The fourth-order valence-corrected chi connectivity index (χ4v) is 4.14. The highest BCUT2D eigenvalue weighted by molar-refractivity contribution is 6.30. The Morgan fingerprint density at radius 3 is 2.60 bits per heavy atom. The van der Waals surface area contributed by atoms with Crippen molar-refractivity contribution in [1.29, 1.82) is 5.26 Å². The number of pyridine rings is 1. The third-order valence-electron chi connectivity index (χ3n) is 5.64. The molecule has 0 saturated carbocycles. The van der Waals surface area contributed by atoms with E-state index >= 15 is 0 Å². The smallest absolute Gasteiger partial charge is 0.258 e. The molecule has 1 unspecified atom stereocenters. The maximum absolute atomic E-state index is 13.6. The number of allylic oxidation sites excluding steroid dienone is 1. The molecular weight excluding hydrogens is 404 g/mol. The van der Waals surface area contributed by atoms with E-state index in [9.17, 15) is 10.1 Å². The first kappa shape index (κ1) is 20.5. The SMILES string of the molecule is Cc1cc2c(c(=O)n1CCN1CCOCC1)C(c1ccc(Cl)cc1)C(C#N)=C(N)O2. The summed E-state index contributed by atoms with van der Waals surface area (Å²) in [7, 11) is 0. The van der Waals surface area contributed by atoms with E-state index in [0.29, 0.717) is 36.1 Å². The molecule has 2 aliphatic rings. The number of halogens is 1. The number of benzene rings is 1. The summed E-state index contributed by atoms with van der Waals surface area (Å²) in [4.78, 5) is 15.8. The van der Waals surface area contributed by atoms with E-state index in [1.165, 1.54) is 0 Å². The van der Waals surface area contributed by atoms with Gasteiger partial charge in [-0.2, -0.15) is 5.26 Å². The zero-order valence-electron chi connectivity index (χ0n) is 16.7. The summed E-state index contributed by atoms with van der Waals surface area (Å²) in [5, 5.41) is 10.3. The van der Waals surface area contributed by atoms with Crippen molar-refractivity contribution in [2.24, 2.45) is 5.73 Å². The van der Waals surface area contributed by atoms with Gasteiger partial charge in [-0.25, -0.2) is 0 Å². The quantitative estimate of drug-likeness (QED) is 0.806. The summed E-state index contributed by atoms with van der Waals surface area (Å²) in [5.41, 5.74) is 8.08. The van der Waals surface area contributed by atoms with Gasteiger partial charge in [-0.15, -0.1) is 0 Å². The molecule has 156 valence electrons. The lowest BCUT2D eigenvalue weighted by molar-refractivity contribution is 0.0362. The molecule has 7 nitrogen and oxygen atoms in total. The van der Waals surface area contributed by atoms with Crippen LogP contribution in [0.5, 0.6) is 5.75 Å². The van der Waals surface area contributed by atoms with Gasteiger partial charge in [0.1, 0.15) is 17.4 Å². The second-order valence-electron chi connectivity index (χ2n) is 7.45. The molecule has 0 bridgehead atoms. The zero-order valence-corrected chi connectivity index (χ0v) is 17.5. The number of aromatic nitrogens is 1. The number of aryl methyl sites for hydroxylation is 1. The van der Waals surface area contributed by atoms with Gasteiger partial charge in [0.2, 0.25) is 5.88 Å². The van der Waals surface area contributed by atoms with Gasteiger partial charge in [0.25, 0.3) is 5.56 Å². The van der Waals surface area contributed by atoms with Crippen molar-refractivity contribution in [2.45, 2.75) is 19.4 Å². The molecule has 8 heteroatoms. The van der Waals surface area contributed by atoms with Crippen molar-refractivity contribution in [3.63, 3.8) is 0 Å². The maximum atomic E-state index is 13.6. The monoisotopic (exact) mass is 426 g/mol. The number of nitrogens with two attached hydrogens (primary N) is 1. The normalized spacial score (nSPS) is 19.2. The molecule has 1 atom stereocenters. The second kappa shape index (κ2) is 8.52. The largest absolute Gasteiger partial charge is 0.440 e. The van der Waals surface area contributed by atoms with Crippen LogP contribution in [0.25, 0.3) is 0 Å². The van der Waals surface area contributed by atoms with Crippen LogP contribution >= 0.6 is 11.6 Å². The van der Waals surface area contributed by atoms with Crippen LogP contribution in [0.3, 0.4) is 0 Å². The lowest BCUT2D eigenvalue weighted by Crippen LogP contribution is -2.40. The Bertz CT molecular complexity index is 1080. The first-order valence-corrected chi connectivity index (χ1v) is 10.2. The Morgan fingerprint density at radius 1 is 1.23 bits per heavy atom. The number of rotatable bonds is 4. The number of morpholine rings is 1. The number of hydrogen-bond donors (Lipinski definition) is 1. The highest BCUT2D eigenvalue weighted by Crippen LogP contribution is 2.40. The van der Waals surface area contributed by atoms with E-state index in [0.717, 1.165) is 30.9 Å². The van der Waals surface area contributed by atoms with Gasteiger partial charge in [-0.3, -0.25) is 9.69 Å². The Morgan fingerprint density at radius 2 is 1.93 bits per heavy atom. The molecule has 0 aliphatic carbocycles. The molecule has 0 amide bonds. The molecule has 0 radical (unpaired) electrons. The number of fused-ring (bicyclic) bond motifs is 1. The number of hydrogen-bond acceptors (Lipinski definition) is 6. The van der Waals surface area contributed by atoms with E-state index in [1.807, 2.05) is 25.1 Å². The van der Waals surface area contributed by atoms with E-state index in [2.05, 4.69) is 11.0 Å². The van der Waals surface area contributed by atoms with Gasteiger partial charge >= 0.3 is 0 Å². The van der Waals surface area contributed by atoms with Crippen LogP contribution in [-0.2, 0) is 11.3 Å². The summed E-state index contributed by atoms with van der Waals surface area (Å²) in [6.45, 7) is 6.30. The van der Waals surface area contributed by atoms with Crippen LogP contribution in [0.2, 0.25) is 5.02 Å². The van der Waals surface area contributed by atoms with Crippen molar-refractivity contribution >= 4 is 11.6 Å². The predicted octanol–water partition coefficient (Wildman–Crippen LogP) is 2.36. The second-order valence-corrected chi connectivity index (χ2v) is 7.89. The van der Waals surface area contributed by atoms with Crippen LogP contribution in [0.15, 0.2) is 46.6 Å². The first-order chi connectivity index (χ1) is 14.5. The van der Waals surface area contributed by atoms with E-state index < -0.39 is 5.92 Å². The topological polar surface area (TPSA) is 93.5 Å². The molecule has 1 saturated heterocycles. The van der Waals surface area contributed by atoms with E-state index in [-0.39, 0.29) is 17.0 Å². The van der Waals surface area contributed by atoms with Gasteiger partial charge in [0.15, 0.2) is 0 Å². The third-order valence-corrected chi connectivity index (χ3v) is 5.89. The lowest BCUT2D eigenvalue weighted by Gasteiger charge is -2.29. The zero-order chi connectivity index (χ0) is 21.3. The fraction of sp³-hybridized carbons (Fsp3) is 0.364. The average Bonchev–Trinajstić information content (AvgIpc) is 2.74. The lowest BCUT2D eigenvalue weighted by atomic mass is 9.84. The number of nitrogens with zero attached hydrogens (tertiary/aromatic N) is 3. The molecule has 4 rings (SSSR count). The van der Waals surface area contributed by atoms with Gasteiger partial charge in [0, 0.05) is 43.0 Å². The highest BCUT2D eigenvalue weighted by Gasteiger charge is 2.34. The van der Waals surface area contributed by atoms with Crippen molar-refractivity contribution < 1.29 is 9.47 Å². The predicted molar refractivity (Wildman–Crippen MR) is 113 cm³/mol. The van der Waals surface area contributed by atoms with Crippen LogP contribution in [-0.4, -0.2) is 42.3 Å². The van der Waals surface area contributed by atoms with Crippen molar-refractivity contribution in [1.82, 2.24) is 9.47 Å². The summed E-state index contributed by atoms with van der Waals surface area (Å²) in [5.74, 6) is -0.176. The first-order valence-electron chi connectivity index (χ1n) is 9.87. The van der Waals surface area contributed by atoms with Crippen molar-refractivity contribution in [3.05, 3.63) is 74.0 Å². The molecule has 2 N–H and O–H groups in total. The molecule has 2 aliphatic heterocycles. The van der Waals surface area contributed by atoms with E-state index in [4.69, 9.17) is 26.8 Å². The fourth-order valence-electron chi connectivity index (χ4n) is 4.02. The summed E-state index contributed by atoms with van der Waals surface area (Å²) >= 11 is 6.04. The van der Waals surface area contributed by atoms with Crippen molar-refractivity contribution in [2.75, 3.05) is 32.8 Å². The third kappa shape index (κ3) is 3.82. The molecule has 1 aromatic heterocycles. The Kier molecular flexibility index (Phi) is 5.82. The molecule has 30 heavy (non-hydrogen) atoms. The highest BCUT2D eigenvalue weighted by atomic mass is 35.5. The number of nitriles is 1. The van der Waals surface area contributed by atoms with Gasteiger partial charge in [-0.1, -0.05) is 23.7 Å². The van der Waals surface area contributed by atoms with Gasteiger partial charge < -0.3 is 19.8 Å². The summed E-state index contributed by atoms with van der Waals surface area (Å²) < 4.78 is 12.8. The Labute approximate surface area is 179 Å². The molecule has 2 aromatic rings. The average molecular weight is 427 g/mol. The van der Waals surface area contributed by atoms with Gasteiger partial charge in [0.05, 0.1) is 24.7 Å². The van der Waals surface area contributed by atoms with Crippen LogP contribution in [0, 0.1) is 18.3 Å². The van der Waals surface area contributed by atoms with Gasteiger partial charge in [-0.05, 0) is 24.6 Å². The molecule has 1 aromatic carbocycles. The van der Waals surface area contributed by atoms with Crippen LogP contribution in [0.1, 0.15) is 22.7 Å². The maximum Gasteiger partial charge on any atom is 0.258 e. The van der Waals surface area contributed by atoms with Crippen LogP contribution < -0.4 is 16.0 Å². The molecule has 1 fully saturated rings. The molecule has 3 heterocycles. The standard InChI is InChI=1S/C22H23ClN4O3/c1-14-12-18-20(22(28)27(14)7-6-26-8-10-29-11-9-26)19(17(13-24)21(25)30-18)15-2-4-16(23)5-3-15/h2-5,12,19H,6-11,25H2,1H3. The minimum Gasteiger partial charge on any atom is -0.440 e.